The van der Waals surface area contributed by atoms with Crippen molar-refractivity contribution in [1.82, 2.24) is 15.1 Å². The minimum Gasteiger partial charge on any atom is -0.314 e. The highest BCUT2D eigenvalue weighted by molar-refractivity contribution is 5.19. The van der Waals surface area contributed by atoms with E-state index in [4.69, 9.17) is 0 Å². The Labute approximate surface area is 98.2 Å². The maximum atomic E-state index is 4.27. The largest absolute Gasteiger partial charge is 0.314 e. The average molecular weight is 221 g/mol. The molecule has 1 aliphatic carbocycles. The average Bonchev–Trinajstić information content (AvgIpc) is 2.64. The Morgan fingerprint density at radius 3 is 2.88 bits per heavy atom. The Bertz CT molecular complexity index is 332. The first-order valence-electron chi connectivity index (χ1n) is 6.48. The van der Waals surface area contributed by atoms with Gasteiger partial charge in [-0.25, -0.2) is 0 Å². The van der Waals surface area contributed by atoms with Gasteiger partial charge in [0.2, 0.25) is 0 Å². The molecule has 16 heavy (non-hydrogen) atoms. The molecule has 3 heteroatoms. The standard InChI is InChI=1S/C13H23N3/c1-4-6-14-13-7-12(11(13)5-2)10-8-15-16(3)9-10/h8-9,11-14H,4-7H2,1-3H3. The van der Waals surface area contributed by atoms with Gasteiger partial charge in [-0.3, -0.25) is 4.68 Å². The van der Waals surface area contributed by atoms with Gasteiger partial charge in [-0.05, 0) is 36.8 Å². The van der Waals surface area contributed by atoms with Crippen LogP contribution in [-0.4, -0.2) is 22.4 Å². The molecule has 0 spiro atoms. The lowest BCUT2D eigenvalue weighted by Gasteiger charge is -2.45. The van der Waals surface area contributed by atoms with Gasteiger partial charge >= 0.3 is 0 Å². The van der Waals surface area contributed by atoms with Gasteiger partial charge in [0.1, 0.15) is 0 Å². The fourth-order valence-electron chi connectivity index (χ4n) is 2.86. The SMILES string of the molecule is CCCNC1CC(c2cnn(C)c2)C1CC. The number of rotatable bonds is 5. The third kappa shape index (κ3) is 2.14. The fourth-order valence-corrected chi connectivity index (χ4v) is 2.86. The van der Waals surface area contributed by atoms with E-state index in [9.17, 15) is 0 Å². The zero-order valence-electron chi connectivity index (χ0n) is 10.6. The van der Waals surface area contributed by atoms with Crippen molar-refractivity contribution in [2.75, 3.05) is 6.54 Å². The van der Waals surface area contributed by atoms with Crippen LogP contribution in [0.25, 0.3) is 0 Å². The summed E-state index contributed by atoms with van der Waals surface area (Å²) in [5.41, 5.74) is 1.42. The topological polar surface area (TPSA) is 29.9 Å². The van der Waals surface area contributed by atoms with Gasteiger partial charge in [0.05, 0.1) is 6.20 Å². The second kappa shape index (κ2) is 5.00. The first kappa shape index (κ1) is 11.6. The molecule has 0 aromatic carbocycles. The van der Waals surface area contributed by atoms with Crippen molar-refractivity contribution in [3.63, 3.8) is 0 Å². The molecule has 1 heterocycles. The number of nitrogens with zero attached hydrogens (tertiary/aromatic N) is 2. The molecule has 1 saturated carbocycles. The molecule has 1 fully saturated rings. The Morgan fingerprint density at radius 1 is 1.50 bits per heavy atom. The van der Waals surface area contributed by atoms with E-state index in [2.05, 4.69) is 30.5 Å². The first-order chi connectivity index (χ1) is 7.76. The molecule has 90 valence electrons. The van der Waals surface area contributed by atoms with Crippen LogP contribution in [0.15, 0.2) is 12.4 Å². The Hall–Kier alpha value is -0.830. The molecule has 0 bridgehead atoms. The lowest BCUT2D eigenvalue weighted by molar-refractivity contribution is 0.161. The van der Waals surface area contributed by atoms with Crippen molar-refractivity contribution in [1.29, 1.82) is 0 Å². The van der Waals surface area contributed by atoms with Crippen LogP contribution in [0.2, 0.25) is 0 Å². The zero-order chi connectivity index (χ0) is 11.5. The summed E-state index contributed by atoms with van der Waals surface area (Å²) in [7, 11) is 2.00. The molecule has 2 rings (SSSR count). The molecule has 0 aliphatic heterocycles. The number of aromatic nitrogens is 2. The van der Waals surface area contributed by atoms with Crippen LogP contribution in [0.1, 0.15) is 44.6 Å². The van der Waals surface area contributed by atoms with Crippen LogP contribution in [0.4, 0.5) is 0 Å². The monoisotopic (exact) mass is 221 g/mol. The van der Waals surface area contributed by atoms with Gasteiger partial charge in [-0.15, -0.1) is 0 Å². The van der Waals surface area contributed by atoms with Crippen LogP contribution in [0, 0.1) is 5.92 Å². The molecule has 1 aromatic heterocycles. The summed E-state index contributed by atoms with van der Waals surface area (Å²) in [5.74, 6) is 1.53. The van der Waals surface area contributed by atoms with Crippen LogP contribution in [0.3, 0.4) is 0 Å². The molecule has 0 radical (unpaired) electrons. The summed E-state index contributed by atoms with van der Waals surface area (Å²) in [6.45, 7) is 5.68. The van der Waals surface area contributed by atoms with Gasteiger partial charge in [-0.2, -0.15) is 5.10 Å². The molecule has 3 nitrogen and oxygen atoms in total. The van der Waals surface area contributed by atoms with E-state index < -0.39 is 0 Å². The molecule has 1 aliphatic rings. The molecule has 0 amide bonds. The highest BCUT2D eigenvalue weighted by Gasteiger charge is 2.40. The van der Waals surface area contributed by atoms with Crippen LogP contribution in [-0.2, 0) is 7.05 Å². The molecule has 3 atom stereocenters. The van der Waals surface area contributed by atoms with Crippen molar-refractivity contribution in [2.24, 2.45) is 13.0 Å². The normalized spacial score (nSPS) is 29.1. The third-order valence-electron chi connectivity index (χ3n) is 3.82. The van der Waals surface area contributed by atoms with Gasteiger partial charge in [-0.1, -0.05) is 20.3 Å². The van der Waals surface area contributed by atoms with Crippen molar-refractivity contribution in [3.05, 3.63) is 18.0 Å². The second-order valence-corrected chi connectivity index (χ2v) is 4.92. The second-order valence-electron chi connectivity index (χ2n) is 4.92. The number of hydrogen-bond donors (Lipinski definition) is 1. The smallest absolute Gasteiger partial charge is 0.0524 e. The summed E-state index contributed by atoms with van der Waals surface area (Å²) < 4.78 is 1.91. The van der Waals surface area contributed by atoms with E-state index in [1.165, 1.54) is 24.8 Å². The number of hydrogen-bond acceptors (Lipinski definition) is 2. The van der Waals surface area contributed by atoms with Crippen molar-refractivity contribution < 1.29 is 0 Å². The molecule has 3 unspecified atom stereocenters. The van der Waals surface area contributed by atoms with E-state index in [0.29, 0.717) is 0 Å². The summed E-state index contributed by atoms with van der Waals surface area (Å²) in [6.07, 6.45) is 7.97. The van der Waals surface area contributed by atoms with Crippen LogP contribution < -0.4 is 5.32 Å². The molecular weight excluding hydrogens is 198 g/mol. The molecule has 1 N–H and O–H groups in total. The van der Waals surface area contributed by atoms with E-state index in [-0.39, 0.29) is 0 Å². The summed E-state index contributed by atoms with van der Waals surface area (Å²) in [4.78, 5) is 0. The van der Waals surface area contributed by atoms with Gasteiger partial charge in [0.15, 0.2) is 0 Å². The van der Waals surface area contributed by atoms with E-state index in [1.807, 2.05) is 17.9 Å². The highest BCUT2D eigenvalue weighted by atomic mass is 15.2. The third-order valence-corrected chi connectivity index (χ3v) is 3.82. The number of aryl methyl sites for hydroxylation is 1. The molecule has 1 aromatic rings. The first-order valence-corrected chi connectivity index (χ1v) is 6.48. The maximum Gasteiger partial charge on any atom is 0.0524 e. The van der Waals surface area contributed by atoms with Crippen molar-refractivity contribution in [3.8, 4) is 0 Å². The number of nitrogens with one attached hydrogen (secondary N) is 1. The maximum absolute atomic E-state index is 4.27. The summed E-state index contributed by atoms with van der Waals surface area (Å²) >= 11 is 0. The predicted molar refractivity (Wildman–Crippen MR) is 66.4 cm³/mol. The lowest BCUT2D eigenvalue weighted by atomic mass is 9.65. The van der Waals surface area contributed by atoms with Crippen molar-refractivity contribution in [2.45, 2.75) is 45.1 Å². The zero-order valence-corrected chi connectivity index (χ0v) is 10.6. The van der Waals surface area contributed by atoms with Gasteiger partial charge < -0.3 is 5.32 Å². The Balaban J connectivity index is 1.94. The Kier molecular flexibility index (Phi) is 3.64. The minimum absolute atomic E-state index is 0.730. The summed E-state index contributed by atoms with van der Waals surface area (Å²) in [5, 5.41) is 7.92. The lowest BCUT2D eigenvalue weighted by Crippen LogP contribution is -2.49. The fraction of sp³-hybridized carbons (Fsp3) is 0.769. The van der Waals surface area contributed by atoms with E-state index in [1.54, 1.807) is 0 Å². The van der Waals surface area contributed by atoms with E-state index >= 15 is 0 Å². The van der Waals surface area contributed by atoms with Crippen LogP contribution in [0.5, 0.6) is 0 Å². The van der Waals surface area contributed by atoms with Crippen LogP contribution >= 0.6 is 0 Å². The van der Waals surface area contributed by atoms with E-state index in [0.717, 1.165) is 24.4 Å². The van der Waals surface area contributed by atoms with Gasteiger partial charge in [0, 0.05) is 19.3 Å². The molecule has 0 saturated heterocycles. The Morgan fingerprint density at radius 2 is 2.31 bits per heavy atom. The quantitative estimate of drug-likeness (QED) is 0.827. The van der Waals surface area contributed by atoms with Gasteiger partial charge in [0.25, 0.3) is 0 Å². The molecular formula is C13H23N3. The van der Waals surface area contributed by atoms with Crippen molar-refractivity contribution >= 4 is 0 Å². The highest BCUT2D eigenvalue weighted by Crippen LogP contribution is 2.44. The summed E-state index contributed by atoms with van der Waals surface area (Å²) in [6, 6.07) is 0.732. The minimum atomic E-state index is 0.730. The predicted octanol–water partition coefficient (Wildman–Crippen LogP) is 2.30.